The summed E-state index contributed by atoms with van der Waals surface area (Å²) < 4.78 is 63.4. The van der Waals surface area contributed by atoms with Crippen LogP contribution in [-0.4, -0.2) is 58.6 Å². The summed E-state index contributed by atoms with van der Waals surface area (Å²) in [6.07, 6.45) is -4.23. The number of benzene rings is 1. The van der Waals surface area contributed by atoms with Crippen molar-refractivity contribution in [1.29, 1.82) is 0 Å². The highest BCUT2D eigenvalue weighted by Gasteiger charge is 2.39. The van der Waals surface area contributed by atoms with E-state index in [1.807, 2.05) is 0 Å². The molecule has 0 saturated carbocycles. The number of ether oxygens (including phenoxy) is 2. The molecule has 14 heteroatoms. The Morgan fingerprint density at radius 3 is 2.49 bits per heavy atom. The minimum Gasteiger partial charge on any atom is -0.484 e. The molecule has 0 radical (unpaired) electrons. The molecule has 1 aliphatic heterocycles. The quantitative estimate of drug-likeness (QED) is 0.480. The number of carbonyl (C=O) groups is 3. The van der Waals surface area contributed by atoms with Gasteiger partial charge in [0.25, 0.3) is 5.91 Å². The molecule has 1 unspecified atom stereocenters. The molecule has 1 aliphatic rings. The summed E-state index contributed by atoms with van der Waals surface area (Å²) in [6, 6.07) is 3.47. The van der Waals surface area contributed by atoms with Gasteiger partial charge in [-0.15, -0.1) is 0 Å². The van der Waals surface area contributed by atoms with Gasteiger partial charge in [0, 0.05) is 24.8 Å². The van der Waals surface area contributed by atoms with Crippen LogP contribution in [0.25, 0.3) is 0 Å². The third kappa shape index (κ3) is 8.70. The lowest BCUT2D eigenvalue weighted by atomic mass is 9.97. The molecule has 2 N–H and O–H groups in total. The third-order valence-corrected chi connectivity index (χ3v) is 5.78. The van der Waals surface area contributed by atoms with E-state index in [2.05, 4.69) is 15.6 Å². The largest absolute Gasteiger partial charge is 0.484 e. The number of anilines is 1. The van der Waals surface area contributed by atoms with Gasteiger partial charge in [0.15, 0.2) is 6.61 Å². The number of amides is 3. The summed E-state index contributed by atoms with van der Waals surface area (Å²) in [6.45, 7) is 4.32. The van der Waals surface area contributed by atoms with Crippen LogP contribution in [0.15, 0.2) is 36.5 Å². The van der Waals surface area contributed by atoms with E-state index in [-0.39, 0.29) is 36.0 Å². The minimum atomic E-state index is -4.63. The second-order valence-corrected chi connectivity index (χ2v) is 10.2. The predicted molar refractivity (Wildman–Crippen MR) is 133 cm³/mol. The highest BCUT2D eigenvalue weighted by Crippen LogP contribution is 2.30. The molecular weight excluding hydrogens is 548 g/mol. The molecule has 1 aromatic heterocycles. The van der Waals surface area contributed by atoms with Crippen LogP contribution in [0, 0.1) is 5.82 Å². The van der Waals surface area contributed by atoms with Gasteiger partial charge in [-0.1, -0.05) is 11.6 Å². The number of aromatic nitrogens is 1. The molecule has 0 aliphatic carbocycles. The summed E-state index contributed by atoms with van der Waals surface area (Å²) >= 11 is 5.63. The molecule has 3 rings (SSSR count). The van der Waals surface area contributed by atoms with E-state index in [0.717, 1.165) is 23.2 Å². The minimum absolute atomic E-state index is 0.0677. The van der Waals surface area contributed by atoms with E-state index in [1.165, 1.54) is 12.1 Å². The fourth-order valence-electron chi connectivity index (χ4n) is 3.75. The van der Waals surface area contributed by atoms with E-state index in [4.69, 9.17) is 21.1 Å². The number of hydrogen-bond acceptors (Lipinski definition) is 6. The molecule has 2 aromatic rings. The first kappa shape index (κ1) is 29.9. The van der Waals surface area contributed by atoms with Crippen molar-refractivity contribution >= 4 is 35.3 Å². The number of likely N-dealkylation sites (tertiary alicyclic amines) is 1. The van der Waals surface area contributed by atoms with Gasteiger partial charge in [-0.3, -0.25) is 14.5 Å². The van der Waals surface area contributed by atoms with Gasteiger partial charge in [-0.25, -0.2) is 14.2 Å². The zero-order valence-corrected chi connectivity index (χ0v) is 22.0. The Balaban J connectivity index is 1.68. The molecule has 2 atom stereocenters. The summed E-state index contributed by atoms with van der Waals surface area (Å²) in [5.41, 5.74) is -1.90. The maximum absolute atomic E-state index is 13.6. The van der Waals surface area contributed by atoms with Gasteiger partial charge in [0.1, 0.15) is 29.0 Å². The van der Waals surface area contributed by atoms with Gasteiger partial charge in [0.2, 0.25) is 5.91 Å². The van der Waals surface area contributed by atoms with Crippen LogP contribution in [0.2, 0.25) is 5.02 Å². The van der Waals surface area contributed by atoms with Crippen molar-refractivity contribution in [3.8, 4) is 5.75 Å². The van der Waals surface area contributed by atoms with E-state index in [1.54, 1.807) is 20.8 Å². The summed E-state index contributed by atoms with van der Waals surface area (Å²) in [5, 5.41) is 4.92. The molecule has 39 heavy (non-hydrogen) atoms. The molecule has 1 aromatic carbocycles. The predicted octanol–water partition coefficient (Wildman–Crippen LogP) is 4.79. The molecule has 2 heterocycles. The van der Waals surface area contributed by atoms with E-state index < -0.39 is 59.8 Å². The summed E-state index contributed by atoms with van der Waals surface area (Å²) in [5.74, 6) is -2.27. The highest BCUT2D eigenvalue weighted by atomic mass is 35.5. The number of pyridine rings is 1. The Morgan fingerprint density at radius 1 is 1.13 bits per heavy atom. The van der Waals surface area contributed by atoms with Gasteiger partial charge < -0.3 is 20.1 Å². The zero-order valence-electron chi connectivity index (χ0n) is 21.3. The third-order valence-electron chi connectivity index (χ3n) is 5.48. The van der Waals surface area contributed by atoms with Crippen LogP contribution < -0.4 is 15.4 Å². The second kappa shape index (κ2) is 12.1. The number of piperidine rings is 1. The summed E-state index contributed by atoms with van der Waals surface area (Å²) in [7, 11) is 0. The summed E-state index contributed by atoms with van der Waals surface area (Å²) in [4.78, 5) is 43.3. The number of rotatable bonds is 6. The van der Waals surface area contributed by atoms with Crippen molar-refractivity contribution in [2.45, 2.75) is 57.5 Å². The lowest BCUT2D eigenvalue weighted by Gasteiger charge is -2.39. The van der Waals surface area contributed by atoms with Gasteiger partial charge in [-0.2, -0.15) is 13.2 Å². The van der Waals surface area contributed by atoms with E-state index >= 15 is 0 Å². The number of halogens is 5. The Morgan fingerprint density at radius 2 is 1.85 bits per heavy atom. The van der Waals surface area contributed by atoms with Crippen molar-refractivity contribution < 1.29 is 41.4 Å². The van der Waals surface area contributed by atoms with Gasteiger partial charge in [-0.05, 0) is 57.9 Å². The highest BCUT2D eigenvalue weighted by molar-refractivity contribution is 6.30. The molecule has 1 saturated heterocycles. The number of carbonyl (C=O) groups excluding carboxylic acids is 3. The van der Waals surface area contributed by atoms with Crippen LogP contribution >= 0.6 is 11.6 Å². The Hall–Kier alpha value is -3.61. The number of alkyl halides is 3. The Labute approximate surface area is 226 Å². The monoisotopic (exact) mass is 574 g/mol. The zero-order chi connectivity index (χ0) is 29.0. The fourth-order valence-corrected chi connectivity index (χ4v) is 3.87. The van der Waals surface area contributed by atoms with Crippen molar-refractivity contribution in [3.05, 3.63) is 52.9 Å². The van der Waals surface area contributed by atoms with Crippen LogP contribution in [0.3, 0.4) is 0 Å². The lowest BCUT2D eigenvalue weighted by Crippen LogP contribution is -2.58. The normalized spacial score (nSPS) is 17.8. The first-order valence-electron chi connectivity index (χ1n) is 11.8. The lowest BCUT2D eigenvalue weighted by molar-refractivity contribution is -0.137. The smallest absolute Gasteiger partial charge is 0.416 e. The first-order chi connectivity index (χ1) is 18.1. The van der Waals surface area contributed by atoms with Crippen molar-refractivity contribution in [2.75, 3.05) is 18.5 Å². The number of nitrogens with one attached hydrogen (secondary N) is 2. The van der Waals surface area contributed by atoms with Gasteiger partial charge in [0.05, 0.1) is 10.6 Å². The van der Waals surface area contributed by atoms with Crippen LogP contribution in [0.4, 0.5) is 28.2 Å². The molecule has 9 nitrogen and oxygen atoms in total. The molecular formula is C25H27ClF4N4O5. The molecule has 0 bridgehead atoms. The fraction of sp³-hybridized carbons (Fsp3) is 0.440. The topological polar surface area (TPSA) is 110 Å². The Kier molecular flexibility index (Phi) is 9.26. The van der Waals surface area contributed by atoms with Crippen LogP contribution in [-0.2, 0) is 20.5 Å². The average molecular weight is 575 g/mol. The van der Waals surface area contributed by atoms with Crippen LogP contribution in [0.5, 0.6) is 5.75 Å². The molecule has 0 spiro atoms. The molecule has 1 fully saturated rings. The number of hydrogen-bond donors (Lipinski definition) is 2. The first-order valence-corrected chi connectivity index (χ1v) is 12.2. The molecule has 212 valence electrons. The number of nitrogens with zero attached hydrogens (tertiary/aromatic N) is 2. The van der Waals surface area contributed by atoms with Crippen molar-refractivity contribution in [1.82, 2.24) is 15.2 Å². The van der Waals surface area contributed by atoms with Crippen LogP contribution in [0.1, 0.15) is 39.2 Å². The second-order valence-electron chi connectivity index (χ2n) is 9.77. The maximum Gasteiger partial charge on any atom is 0.416 e. The molecule has 3 amide bonds. The standard InChI is InChI=1S/C25H27ClF4N4O5/c1-24(2,3)39-23(37)34-12-15(32-21(35)13-38-16-5-6-17(26)18(27)11-16)4-7-19(34)22(36)33-20-10-14(8-9-31-20)25(28,29)30/h5-6,8-11,15,19H,4,7,12-13H2,1-3H3,(H,32,35)(H,31,33,36)/t15?,19-/m0/s1. The van der Waals surface area contributed by atoms with E-state index in [9.17, 15) is 31.9 Å². The van der Waals surface area contributed by atoms with Crippen molar-refractivity contribution in [3.63, 3.8) is 0 Å². The van der Waals surface area contributed by atoms with Crippen molar-refractivity contribution in [2.24, 2.45) is 0 Å². The Bertz CT molecular complexity index is 1220. The van der Waals surface area contributed by atoms with Gasteiger partial charge >= 0.3 is 12.3 Å². The SMILES string of the molecule is CC(C)(C)OC(=O)N1CC(NC(=O)COc2ccc(Cl)c(F)c2)CC[C@H]1C(=O)Nc1cc(C(F)(F)F)ccn1. The van der Waals surface area contributed by atoms with E-state index in [0.29, 0.717) is 6.07 Å². The average Bonchev–Trinajstić information content (AvgIpc) is 2.83. The maximum atomic E-state index is 13.6.